The first kappa shape index (κ1) is 9.53. The van der Waals surface area contributed by atoms with Gasteiger partial charge in [-0.15, -0.1) is 0 Å². The van der Waals surface area contributed by atoms with Gasteiger partial charge in [0.2, 0.25) is 0 Å². The fraction of sp³-hybridized carbons (Fsp3) is 0.636. The minimum atomic E-state index is 1.06. The van der Waals surface area contributed by atoms with Crippen LogP contribution in [0.5, 0.6) is 0 Å². The van der Waals surface area contributed by atoms with Gasteiger partial charge >= 0.3 is 0 Å². The highest BCUT2D eigenvalue weighted by molar-refractivity contribution is 5.13. The molecule has 0 amide bonds. The molecule has 0 saturated carbocycles. The molecule has 0 radical (unpaired) electrons. The minimum Gasteiger partial charge on any atom is -0.317 e. The maximum atomic E-state index is 4.08. The van der Waals surface area contributed by atoms with E-state index in [4.69, 9.17) is 0 Å². The predicted molar refractivity (Wildman–Crippen MR) is 54.0 cm³/mol. The van der Waals surface area contributed by atoms with E-state index >= 15 is 0 Å². The topological polar surface area (TPSA) is 0 Å². The standard InChI is InChI=1S/C11H20N/c1-5-12(6-2)8-10(3)7-11(4)9-12/h3-9H2,1-2H3/q+1. The highest BCUT2D eigenvalue weighted by Crippen LogP contribution is 2.24. The largest absolute Gasteiger partial charge is 0.317 e. The van der Waals surface area contributed by atoms with Crippen LogP contribution in [0.3, 0.4) is 0 Å². The summed E-state index contributed by atoms with van der Waals surface area (Å²) in [6.45, 7) is 17.4. The van der Waals surface area contributed by atoms with Gasteiger partial charge in [-0.05, 0) is 31.4 Å². The molecule has 1 nitrogen and oxygen atoms in total. The Morgan fingerprint density at radius 2 is 1.50 bits per heavy atom. The summed E-state index contributed by atoms with van der Waals surface area (Å²) in [5, 5.41) is 0. The van der Waals surface area contributed by atoms with Crippen LogP contribution in [0.1, 0.15) is 20.3 Å². The van der Waals surface area contributed by atoms with E-state index < -0.39 is 0 Å². The Morgan fingerprint density at radius 3 is 1.83 bits per heavy atom. The maximum absolute atomic E-state index is 4.08. The molecule has 68 valence electrons. The molecule has 1 heteroatoms. The summed E-state index contributed by atoms with van der Waals surface area (Å²) in [6, 6.07) is 0. The third-order valence-electron chi connectivity index (χ3n) is 2.96. The molecular formula is C11H20N+. The van der Waals surface area contributed by atoms with Crippen molar-refractivity contribution in [2.45, 2.75) is 20.3 Å². The van der Waals surface area contributed by atoms with Crippen molar-refractivity contribution in [1.82, 2.24) is 0 Å². The van der Waals surface area contributed by atoms with Crippen molar-refractivity contribution in [3.8, 4) is 0 Å². The van der Waals surface area contributed by atoms with E-state index in [0.717, 1.165) is 24.0 Å². The number of likely N-dealkylation sites (tertiary alicyclic amines) is 1. The molecule has 1 saturated heterocycles. The second kappa shape index (κ2) is 3.44. The number of quaternary nitrogens is 1. The lowest BCUT2D eigenvalue weighted by molar-refractivity contribution is -0.918. The number of likely N-dealkylation sites (N-methyl/N-ethyl adjacent to an activating group) is 1. The molecule has 1 rings (SSSR count). The summed E-state index contributed by atoms with van der Waals surface area (Å²) in [5.74, 6) is 0. The minimum absolute atomic E-state index is 1.06. The van der Waals surface area contributed by atoms with E-state index in [1.54, 1.807) is 0 Å². The van der Waals surface area contributed by atoms with Gasteiger partial charge in [0.05, 0.1) is 13.1 Å². The summed E-state index contributed by atoms with van der Waals surface area (Å²) in [6.07, 6.45) is 1.06. The average Bonchev–Trinajstić information content (AvgIpc) is 2.02. The molecule has 0 atom stereocenters. The van der Waals surface area contributed by atoms with Crippen molar-refractivity contribution in [3.63, 3.8) is 0 Å². The third kappa shape index (κ3) is 1.78. The molecule has 0 N–H and O–H groups in total. The molecule has 0 spiro atoms. The van der Waals surface area contributed by atoms with E-state index in [-0.39, 0.29) is 0 Å². The molecule has 0 bridgehead atoms. The molecular weight excluding hydrogens is 146 g/mol. The highest BCUT2D eigenvalue weighted by Gasteiger charge is 2.29. The highest BCUT2D eigenvalue weighted by atomic mass is 15.3. The maximum Gasteiger partial charge on any atom is 0.101 e. The zero-order valence-electron chi connectivity index (χ0n) is 8.40. The Balaban J connectivity index is 2.76. The molecule has 1 aliphatic rings. The van der Waals surface area contributed by atoms with Gasteiger partial charge in [-0.1, -0.05) is 13.2 Å². The van der Waals surface area contributed by atoms with Crippen LogP contribution in [0.15, 0.2) is 24.3 Å². The molecule has 12 heavy (non-hydrogen) atoms. The van der Waals surface area contributed by atoms with Crippen LogP contribution in [0, 0.1) is 0 Å². The molecule has 1 fully saturated rings. The Morgan fingerprint density at radius 1 is 1.08 bits per heavy atom. The van der Waals surface area contributed by atoms with Gasteiger partial charge in [-0.25, -0.2) is 0 Å². The van der Waals surface area contributed by atoms with E-state index in [1.165, 1.54) is 24.2 Å². The van der Waals surface area contributed by atoms with Gasteiger partial charge in [0.1, 0.15) is 13.1 Å². The van der Waals surface area contributed by atoms with Crippen molar-refractivity contribution in [3.05, 3.63) is 24.3 Å². The molecule has 0 aromatic rings. The molecule has 1 aliphatic heterocycles. The van der Waals surface area contributed by atoms with Gasteiger partial charge in [-0.3, -0.25) is 0 Å². The van der Waals surface area contributed by atoms with Crippen LogP contribution in [0.4, 0.5) is 0 Å². The Bertz CT molecular complexity index is 181. The lowest BCUT2D eigenvalue weighted by Gasteiger charge is -2.41. The van der Waals surface area contributed by atoms with Crippen molar-refractivity contribution in [2.75, 3.05) is 26.2 Å². The van der Waals surface area contributed by atoms with Crippen LogP contribution >= 0.6 is 0 Å². The summed E-state index contributed by atoms with van der Waals surface area (Å²) in [5.41, 5.74) is 2.71. The summed E-state index contributed by atoms with van der Waals surface area (Å²) < 4.78 is 1.16. The lowest BCUT2D eigenvalue weighted by Crippen LogP contribution is -2.52. The summed E-state index contributed by atoms with van der Waals surface area (Å²) in [7, 11) is 0. The molecule has 0 aromatic heterocycles. The fourth-order valence-corrected chi connectivity index (χ4v) is 2.14. The smallest absolute Gasteiger partial charge is 0.101 e. The molecule has 1 heterocycles. The molecule has 0 unspecified atom stereocenters. The van der Waals surface area contributed by atoms with Gasteiger partial charge in [0.15, 0.2) is 0 Å². The first-order valence-electron chi connectivity index (χ1n) is 4.80. The number of rotatable bonds is 2. The quantitative estimate of drug-likeness (QED) is 0.436. The third-order valence-corrected chi connectivity index (χ3v) is 2.96. The second-order valence-corrected chi connectivity index (χ2v) is 3.97. The predicted octanol–water partition coefficient (Wildman–Crippen LogP) is 2.36. The average molecular weight is 166 g/mol. The van der Waals surface area contributed by atoms with Crippen LogP contribution < -0.4 is 0 Å². The number of hydrogen-bond donors (Lipinski definition) is 0. The Labute approximate surface area is 76.0 Å². The number of hydrogen-bond acceptors (Lipinski definition) is 0. The van der Waals surface area contributed by atoms with Crippen LogP contribution in [-0.2, 0) is 0 Å². The summed E-state index contributed by atoms with van der Waals surface area (Å²) >= 11 is 0. The van der Waals surface area contributed by atoms with Gasteiger partial charge in [0, 0.05) is 0 Å². The van der Waals surface area contributed by atoms with E-state index in [2.05, 4.69) is 27.0 Å². The van der Waals surface area contributed by atoms with Gasteiger partial charge < -0.3 is 4.48 Å². The number of piperidine rings is 1. The zero-order valence-corrected chi connectivity index (χ0v) is 8.40. The Hall–Kier alpha value is -0.560. The zero-order chi connectivity index (χ0) is 9.19. The van der Waals surface area contributed by atoms with Crippen LogP contribution in [-0.4, -0.2) is 30.7 Å². The van der Waals surface area contributed by atoms with Gasteiger partial charge in [0.25, 0.3) is 0 Å². The monoisotopic (exact) mass is 166 g/mol. The van der Waals surface area contributed by atoms with Crippen LogP contribution in [0.2, 0.25) is 0 Å². The second-order valence-electron chi connectivity index (χ2n) is 3.97. The van der Waals surface area contributed by atoms with E-state index in [1.807, 2.05) is 0 Å². The SMILES string of the molecule is C=C1CC(=C)C[N+](CC)(CC)C1. The van der Waals surface area contributed by atoms with Gasteiger partial charge in [-0.2, -0.15) is 0 Å². The van der Waals surface area contributed by atoms with Crippen molar-refractivity contribution < 1.29 is 4.48 Å². The van der Waals surface area contributed by atoms with E-state index in [9.17, 15) is 0 Å². The van der Waals surface area contributed by atoms with Crippen molar-refractivity contribution >= 4 is 0 Å². The summed E-state index contributed by atoms with van der Waals surface area (Å²) in [4.78, 5) is 0. The van der Waals surface area contributed by atoms with Crippen molar-refractivity contribution in [2.24, 2.45) is 0 Å². The lowest BCUT2D eigenvalue weighted by atomic mass is 9.99. The molecule has 0 aliphatic carbocycles. The van der Waals surface area contributed by atoms with E-state index in [0.29, 0.717) is 0 Å². The number of nitrogens with zero attached hydrogens (tertiary/aromatic N) is 1. The van der Waals surface area contributed by atoms with Crippen molar-refractivity contribution in [1.29, 1.82) is 0 Å². The first-order chi connectivity index (χ1) is 5.62. The normalized spacial score (nSPS) is 22.8. The molecule has 0 aromatic carbocycles. The van der Waals surface area contributed by atoms with Crippen LogP contribution in [0.25, 0.3) is 0 Å². The fourth-order valence-electron chi connectivity index (χ4n) is 2.14. The first-order valence-corrected chi connectivity index (χ1v) is 4.80. The Kier molecular flexibility index (Phi) is 2.73.